The number of amides is 1. The van der Waals surface area contributed by atoms with Crippen molar-refractivity contribution in [1.29, 1.82) is 0 Å². The SMILES string of the molecule is COc1ccc(CCC(=O)O[C@@H](C)C(=O)Nc2cc(C)ccc2C)cc1OC. The van der Waals surface area contributed by atoms with Gasteiger partial charge in [-0.2, -0.15) is 0 Å². The first-order valence-corrected chi connectivity index (χ1v) is 9.12. The number of benzene rings is 2. The van der Waals surface area contributed by atoms with Crippen LogP contribution in [0.2, 0.25) is 0 Å². The van der Waals surface area contributed by atoms with Gasteiger partial charge in [0.25, 0.3) is 5.91 Å². The average Bonchev–Trinajstić information content (AvgIpc) is 2.68. The van der Waals surface area contributed by atoms with Crippen molar-refractivity contribution in [3.8, 4) is 11.5 Å². The van der Waals surface area contributed by atoms with Gasteiger partial charge in [-0.1, -0.05) is 18.2 Å². The number of carbonyl (C=O) groups is 2. The maximum Gasteiger partial charge on any atom is 0.306 e. The molecule has 0 aliphatic rings. The molecular weight excluding hydrogens is 358 g/mol. The molecule has 0 unspecified atom stereocenters. The highest BCUT2D eigenvalue weighted by molar-refractivity contribution is 5.95. The van der Waals surface area contributed by atoms with E-state index in [1.807, 2.05) is 44.2 Å². The zero-order valence-electron chi connectivity index (χ0n) is 17.0. The Morgan fingerprint density at radius 2 is 1.71 bits per heavy atom. The zero-order chi connectivity index (χ0) is 20.7. The Morgan fingerprint density at radius 3 is 2.39 bits per heavy atom. The van der Waals surface area contributed by atoms with Gasteiger partial charge in [-0.15, -0.1) is 0 Å². The van der Waals surface area contributed by atoms with Gasteiger partial charge in [-0.05, 0) is 62.1 Å². The van der Waals surface area contributed by atoms with Crippen molar-refractivity contribution in [3.63, 3.8) is 0 Å². The van der Waals surface area contributed by atoms with Gasteiger partial charge in [0.05, 0.1) is 14.2 Å². The lowest BCUT2D eigenvalue weighted by atomic mass is 10.1. The van der Waals surface area contributed by atoms with Crippen LogP contribution in [0.25, 0.3) is 0 Å². The van der Waals surface area contributed by atoms with Crippen molar-refractivity contribution in [1.82, 2.24) is 0 Å². The van der Waals surface area contributed by atoms with Crippen molar-refractivity contribution in [2.24, 2.45) is 0 Å². The smallest absolute Gasteiger partial charge is 0.306 e. The third-order valence-electron chi connectivity index (χ3n) is 4.39. The zero-order valence-corrected chi connectivity index (χ0v) is 17.0. The molecule has 0 saturated carbocycles. The maximum atomic E-state index is 12.3. The molecular formula is C22H27NO5. The number of methoxy groups -OCH3 is 2. The molecule has 6 heteroatoms. The maximum absolute atomic E-state index is 12.3. The Kier molecular flexibility index (Phi) is 7.44. The molecule has 0 aromatic heterocycles. The van der Waals surface area contributed by atoms with E-state index in [0.717, 1.165) is 22.4 Å². The summed E-state index contributed by atoms with van der Waals surface area (Å²) in [5, 5.41) is 2.81. The highest BCUT2D eigenvalue weighted by Gasteiger charge is 2.18. The van der Waals surface area contributed by atoms with Gasteiger partial charge in [0.15, 0.2) is 17.6 Å². The molecule has 6 nitrogen and oxygen atoms in total. The predicted molar refractivity (Wildman–Crippen MR) is 108 cm³/mol. The normalized spacial score (nSPS) is 11.5. The summed E-state index contributed by atoms with van der Waals surface area (Å²) in [5.41, 5.74) is 3.63. The van der Waals surface area contributed by atoms with Gasteiger partial charge in [-0.3, -0.25) is 9.59 Å². The highest BCUT2D eigenvalue weighted by atomic mass is 16.5. The molecule has 0 aliphatic carbocycles. The summed E-state index contributed by atoms with van der Waals surface area (Å²) >= 11 is 0. The van der Waals surface area contributed by atoms with E-state index in [1.165, 1.54) is 0 Å². The summed E-state index contributed by atoms with van der Waals surface area (Å²) in [5.74, 6) is 0.451. The molecule has 1 amide bonds. The largest absolute Gasteiger partial charge is 0.493 e. The van der Waals surface area contributed by atoms with Gasteiger partial charge in [-0.25, -0.2) is 0 Å². The number of esters is 1. The summed E-state index contributed by atoms with van der Waals surface area (Å²) in [4.78, 5) is 24.4. The molecule has 0 saturated heterocycles. The average molecular weight is 385 g/mol. The topological polar surface area (TPSA) is 73.9 Å². The second kappa shape index (κ2) is 9.78. The molecule has 28 heavy (non-hydrogen) atoms. The number of carbonyl (C=O) groups excluding carboxylic acids is 2. The molecule has 0 bridgehead atoms. The first kappa shape index (κ1) is 21.3. The molecule has 150 valence electrons. The minimum absolute atomic E-state index is 0.163. The first-order valence-electron chi connectivity index (χ1n) is 9.12. The van der Waals surface area contributed by atoms with Crippen LogP contribution >= 0.6 is 0 Å². The summed E-state index contributed by atoms with van der Waals surface area (Å²) in [7, 11) is 3.13. The number of nitrogens with one attached hydrogen (secondary N) is 1. The third-order valence-corrected chi connectivity index (χ3v) is 4.39. The molecule has 0 fully saturated rings. The lowest BCUT2D eigenvalue weighted by molar-refractivity contribution is -0.153. The Bertz CT molecular complexity index is 847. The Labute approximate surface area is 165 Å². The van der Waals surface area contributed by atoms with E-state index in [2.05, 4.69) is 5.32 Å². The molecule has 0 aliphatic heterocycles. The fourth-order valence-corrected chi connectivity index (χ4v) is 2.70. The minimum Gasteiger partial charge on any atom is -0.493 e. The third kappa shape index (κ3) is 5.74. The van der Waals surface area contributed by atoms with E-state index in [0.29, 0.717) is 17.9 Å². The number of hydrogen-bond donors (Lipinski definition) is 1. The Morgan fingerprint density at radius 1 is 1.00 bits per heavy atom. The van der Waals surface area contributed by atoms with Crippen LogP contribution in [-0.4, -0.2) is 32.2 Å². The molecule has 2 aromatic rings. The fourth-order valence-electron chi connectivity index (χ4n) is 2.70. The summed E-state index contributed by atoms with van der Waals surface area (Å²) in [6.07, 6.45) is -0.237. The van der Waals surface area contributed by atoms with Gasteiger partial charge >= 0.3 is 5.97 Å². The predicted octanol–water partition coefficient (Wildman–Crippen LogP) is 3.82. The number of hydrogen-bond acceptors (Lipinski definition) is 5. The van der Waals surface area contributed by atoms with Gasteiger partial charge in [0.2, 0.25) is 0 Å². The van der Waals surface area contributed by atoms with Crippen molar-refractivity contribution in [2.45, 2.75) is 39.7 Å². The van der Waals surface area contributed by atoms with E-state index in [4.69, 9.17) is 14.2 Å². The Balaban J connectivity index is 1.88. The van der Waals surface area contributed by atoms with Gasteiger partial charge < -0.3 is 19.5 Å². The first-order chi connectivity index (χ1) is 13.3. The minimum atomic E-state index is -0.877. The van der Waals surface area contributed by atoms with Gasteiger partial charge in [0.1, 0.15) is 0 Å². The molecule has 0 spiro atoms. The quantitative estimate of drug-likeness (QED) is 0.699. The lowest BCUT2D eigenvalue weighted by Crippen LogP contribution is -2.30. The molecule has 2 aromatic carbocycles. The van der Waals surface area contributed by atoms with Crippen LogP contribution in [0.4, 0.5) is 5.69 Å². The van der Waals surface area contributed by atoms with E-state index in [9.17, 15) is 9.59 Å². The van der Waals surface area contributed by atoms with Crippen LogP contribution in [0.1, 0.15) is 30.0 Å². The van der Waals surface area contributed by atoms with E-state index >= 15 is 0 Å². The fraction of sp³-hybridized carbons (Fsp3) is 0.364. The van der Waals surface area contributed by atoms with Crippen LogP contribution in [0.5, 0.6) is 11.5 Å². The van der Waals surface area contributed by atoms with Crippen LogP contribution < -0.4 is 14.8 Å². The van der Waals surface area contributed by atoms with Crippen molar-refractivity contribution in [3.05, 3.63) is 53.1 Å². The number of anilines is 1. The number of ether oxygens (including phenoxy) is 3. The second-order valence-electron chi connectivity index (χ2n) is 6.63. The number of aryl methyl sites for hydroxylation is 3. The van der Waals surface area contributed by atoms with E-state index in [1.54, 1.807) is 27.2 Å². The lowest BCUT2D eigenvalue weighted by Gasteiger charge is -2.15. The standard InChI is InChI=1S/C22H27NO5/c1-14-6-7-15(2)18(12-14)23-22(25)16(3)28-21(24)11-9-17-8-10-19(26-4)20(13-17)27-5/h6-8,10,12-13,16H,9,11H2,1-5H3,(H,23,25)/t16-/m0/s1. The Hall–Kier alpha value is -3.02. The van der Waals surface area contributed by atoms with Crippen molar-refractivity contribution >= 4 is 17.6 Å². The van der Waals surface area contributed by atoms with Crippen molar-refractivity contribution < 1.29 is 23.8 Å². The monoisotopic (exact) mass is 385 g/mol. The molecule has 1 N–H and O–H groups in total. The van der Waals surface area contributed by atoms with Crippen LogP contribution in [-0.2, 0) is 20.7 Å². The summed E-state index contributed by atoms with van der Waals surface area (Å²) in [6, 6.07) is 11.3. The van der Waals surface area contributed by atoms with E-state index < -0.39 is 12.1 Å². The van der Waals surface area contributed by atoms with Crippen LogP contribution in [0.15, 0.2) is 36.4 Å². The molecule has 0 radical (unpaired) electrons. The van der Waals surface area contributed by atoms with Crippen LogP contribution in [0, 0.1) is 13.8 Å². The second-order valence-corrected chi connectivity index (χ2v) is 6.63. The van der Waals surface area contributed by atoms with Gasteiger partial charge in [0, 0.05) is 12.1 Å². The van der Waals surface area contributed by atoms with Crippen molar-refractivity contribution in [2.75, 3.05) is 19.5 Å². The summed E-state index contributed by atoms with van der Waals surface area (Å²) < 4.78 is 15.7. The number of rotatable bonds is 8. The highest BCUT2D eigenvalue weighted by Crippen LogP contribution is 2.28. The van der Waals surface area contributed by atoms with E-state index in [-0.39, 0.29) is 12.3 Å². The summed E-state index contributed by atoms with van der Waals surface area (Å²) in [6.45, 7) is 5.43. The molecule has 2 rings (SSSR count). The van der Waals surface area contributed by atoms with Crippen LogP contribution in [0.3, 0.4) is 0 Å². The molecule has 0 heterocycles. The molecule has 1 atom stereocenters.